The molecule has 1 aliphatic heterocycles. The summed E-state index contributed by atoms with van der Waals surface area (Å²) >= 11 is 2.38. The van der Waals surface area contributed by atoms with Crippen molar-refractivity contribution < 1.29 is 14.3 Å². The number of nitrogens with zero attached hydrogens (tertiary/aromatic N) is 1. The van der Waals surface area contributed by atoms with E-state index in [1.54, 1.807) is 4.90 Å². The lowest BCUT2D eigenvalue weighted by Crippen LogP contribution is -2.36. The molecule has 0 aromatic carbocycles. The third-order valence-electron chi connectivity index (χ3n) is 3.62. The lowest BCUT2D eigenvalue weighted by molar-refractivity contribution is 0.00809. The number of carbonyl (C=O) groups excluding carboxylic acids is 1. The molecule has 0 spiro atoms. The van der Waals surface area contributed by atoms with Gasteiger partial charge in [-0.1, -0.05) is 29.0 Å². The molecule has 2 fully saturated rings. The Morgan fingerprint density at radius 2 is 2.00 bits per heavy atom. The second kappa shape index (κ2) is 6.16. The van der Waals surface area contributed by atoms with Gasteiger partial charge in [-0.3, -0.25) is 0 Å². The molecule has 0 radical (unpaired) electrons. The first kappa shape index (κ1) is 15.4. The molecule has 1 aliphatic carbocycles. The summed E-state index contributed by atoms with van der Waals surface area (Å²) in [6, 6.07) is 0. The minimum atomic E-state index is -0.428. The van der Waals surface area contributed by atoms with Crippen LogP contribution in [0.4, 0.5) is 4.79 Å². The van der Waals surface area contributed by atoms with E-state index < -0.39 is 5.60 Å². The van der Waals surface area contributed by atoms with Gasteiger partial charge in [0.25, 0.3) is 0 Å². The van der Waals surface area contributed by atoms with Crippen molar-refractivity contribution in [2.45, 2.75) is 55.7 Å². The van der Waals surface area contributed by atoms with E-state index in [0.29, 0.717) is 10.5 Å². The van der Waals surface area contributed by atoms with Crippen LogP contribution >= 0.6 is 22.6 Å². The Morgan fingerprint density at radius 1 is 1.32 bits per heavy atom. The number of carbonyl (C=O) groups is 1. The van der Waals surface area contributed by atoms with Crippen molar-refractivity contribution in [2.24, 2.45) is 5.92 Å². The highest BCUT2D eigenvalue weighted by molar-refractivity contribution is 14.1. The minimum absolute atomic E-state index is 0.161. The van der Waals surface area contributed by atoms with Gasteiger partial charge >= 0.3 is 6.09 Å². The Labute approximate surface area is 129 Å². The summed E-state index contributed by atoms with van der Waals surface area (Å²) in [7, 11) is 0. The molecule has 0 aromatic heterocycles. The van der Waals surface area contributed by atoms with Crippen LogP contribution in [0.3, 0.4) is 0 Å². The predicted molar refractivity (Wildman–Crippen MR) is 82.7 cm³/mol. The van der Waals surface area contributed by atoms with Gasteiger partial charge in [0.15, 0.2) is 0 Å². The Hall–Kier alpha value is -0.0400. The summed E-state index contributed by atoms with van der Waals surface area (Å²) in [5, 5.41) is 0. The molecular formula is C14H24INO3. The third kappa shape index (κ3) is 4.48. The zero-order chi connectivity index (χ0) is 14.0. The van der Waals surface area contributed by atoms with E-state index in [-0.39, 0.29) is 12.2 Å². The fraction of sp³-hybridized carbons (Fsp3) is 0.929. The number of alkyl halides is 1. The van der Waals surface area contributed by atoms with E-state index in [1.165, 1.54) is 19.3 Å². The van der Waals surface area contributed by atoms with Crippen LogP contribution in [0.15, 0.2) is 0 Å². The molecule has 4 nitrogen and oxygen atoms in total. The number of halogens is 1. The average molecular weight is 381 g/mol. The molecule has 19 heavy (non-hydrogen) atoms. The normalized spacial score (nSPS) is 28.3. The average Bonchev–Trinajstić information content (AvgIpc) is 2.55. The maximum Gasteiger partial charge on any atom is 0.410 e. The zero-order valence-electron chi connectivity index (χ0n) is 12.0. The summed E-state index contributed by atoms with van der Waals surface area (Å²) in [5.41, 5.74) is -0.428. The highest BCUT2D eigenvalue weighted by atomic mass is 127. The molecule has 2 unspecified atom stereocenters. The van der Waals surface area contributed by atoms with E-state index in [1.807, 2.05) is 20.8 Å². The maximum absolute atomic E-state index is 12.0. The van der Waals surface area contributed by atoms with E-state index >= 15 is 0 Å². The van der Waals surface area contributed by atoms with Gasteiger partial charge in [0.1, 0.15) is 5.60 Å². The number of rotatable bonds is 3. The van der Waals surface area contributed by atoms with E-state index in [2.05, 4.69) is 22.6 Å². The Morgan fingerprint density at radius 3 is 2.53 bits per heavy atom. The van der Waals surface area contributed by atoms with Crippen LogP contribution < -0.4 is 0 Å². The molecule has 110 valence electrons. The summed E-state index contributed by atoms with van der Waals surface area (Å²) in [5.74, 6) is 0.749. The summed E-state index contributed by atoms with van der Waals surface area (Å²) in [6.45, 7) is 7.93. The van der Waals surface area contributed by atoms with Crippen molar-refractivity contribution in [1.82, 2.24) is 4.90 Å². The molecule has 1 heterocycles. The summed E-state index contributed by atoms with van der Waals surface area (Å²) in [4.78, 5) is 13.8. The molecule has 1 saturated heterocycles. The summed E-state index contributed by atoms with van der Waals surface area (Å²) < 4.78 is 11.7. The van der Waals surface area contributed by atoms with Crippen LogP contribution in [-0.4, -0.2) is 46.3 Å². The van der Waals surface area contributed by atoms with Gasteiger partial charge in [0.2, 0.25) is 0 Å². The highest BCUT2D eigenvalue weighted by Gasteiger charge is 2.37. The molecule has 5 heteroatoms. The van der Waals surface area contributed by atoms with Crippen molar-refractivity contribution in [3.8, 4) is 0 Å². The van der Waals surface area contributed by atoms with Crippen LogP contribution in [0, 0.1) is 5.92 Å². The quantitative estimate of drug-likeness (QED) is 0.557. The lowest BCUT2D eigenvalue weighted by atomic mass is 9.86. The fourth-order valence-corrected chi connectivity index (χ4v) is 3.20. The van der Waals surface area contributed by atoms with Crippen LogP contribution in [0.2, 0.25) is 0 Å². The number of likely N-dealkylation sites (tertiary alicyclic amines) is 1. The molecule has 2 rings (SSSR count). The monoisotopic (exact) mass is 381 g/mol. The molecule has 0 aromatic rings. The van der Waals surface area contributed by atoms with Crippen molar-refractivity contribution >= 4 is 28.7 Å². The SMILES string of the molecule is CC(C)(C)OC(=O)N1CC(I)C(OCC2CCC2)C1. The van der Waals surface area contributed by atoms with Crippen LogP contribution in [0.1, 0.15) is 40.0 Å². The molecule has 0 N–H and O–H groups in total. The first-order chi connectivity index (χ1) is 8.85. The molecule has 2 atom stereocenters. The Bertz CT molecular complexity index is 325. The minimum Gasteiger partial charge on any atom is -0.444 e. The molecule has 2 aliphatic rings. The second-order valence-corrected chi connectivity index (χ2v) is 8.17. The Kier molecular flexibility index (Phi) is 4.98. The largest absolute Gasteiger partial charge is 0.444 e. The van der Waals surface area contributed by atoms with E-state index in [0.717, 1.165) is 19.1 Å². The van der Waals surface area contributed by atoms with Crippen LogP contribution in [-0.2, 0) is 9.47 Å². The first-order valence-electron chi connectivity index (χ1n) is 7.09. The number of amides is 1. The van der Waals surface area contributed by atoms with Crippen LogP contribution in [0.25, 0.3) is 0 Å². The van der Waals surface area contributed by atoms with Crippen molar-refractivity contribution in [3.05, 3.63) is 0 Å². The van der Waals surface area contributed by atoms with Crippen molar-refractivity contribution in [1.29, 1.82) is 0 Å². The number of hydrogen-bond donors (Lipinski definition) is 0. The number of ether oxygens (including phenoxy) is 2. The fourth-order valence-electron chi connectivity index (χ4n) is 2.29. The predicted octanol–water partition coefficient (Wildman–Crippen LogP) is 3.23. The van der Waals surface area contributed by atoms with E-state index in [4.69, 9.17) is 9.47 Å². The van der Waals surface area contributed by atoms with Gasteiger partial charge in [-0.2, -0.15) is 0 Å². The molecule has 1 amide bonds. The summed E-state index contributed by atoms with van der Waals surface area (Å²) in [6.07, 6.45) is 3.89. The first-order valence-corrected chi connectivity index (χ1v) is 8.33. The van der Waals surface area contributed by atoms with Gasteiger partial charge < -0.3 is 14.4 Å². The third-order valence-corrected chi connectivity index (χ3v) is 4.82. The van der Waals surface area contributed by atoms with Crippen molar-refractivity contribution in [2.75, 3.05) is 19.7 Å². The second-order valence-electron chi connectivity index (χ2n) is 6.57. The smallest absolute Gasteiger partial charge is 0.410 e. The highest BCUT2D eigenvalue weighted by Crippen LogP contribution is 2.29. The molecule has 1 saturated carbocycles. The van der Waals surface area contributed by atoms with Gasteiger partial charge in [-0.15, -0.1) is 0 Å². The van der Waals surface area contributed by atoms with Gasteiger partial charge in [-0.25, -0.2) is 4.79 Å². The Balaban J connectivity index is 1.77. The van der Waals surface area contributed by atoms with E-state index in [9.17, 15) is 4.79 Å². The lowest BCUT2D eigenvalue weighted by Gasteiger charge is -2.27. The number of hydrogen-bond acceptors (Lipinski definition) is 3. The molecule has 0 bridgehead atoms. The standard InChI is InChI=1S/C14H24INO3/c1-14(2,3)19-13(17)16-7-11(15)12(8-16)18-9-10-5-4-6-10/h10-12H,4-9H2,1-3H3. The van der Waals surface area contributed by atoms with Gasteiger partial charge in [-0.05, 0) is 39.5 Å². The van der Waals surface area contributed by atoms with Crippen molar-refractivity contribution in [3.63, 3.8) is 0 Å². The molecular weight excluding hydrogens is 357 g/mol. The zero-order valence-corrected chi connectivity index (χ0v) is 14.2. The van der Waals surface area contributed by atoms with Gasteiger partial charge in [0, 0.05) is 13.2 Å². The van der Waals surface area contributed by atoms with Crippen LogP contribution in [0.5, 0.6) is 0 Å². The maximum atomic E-state index is 12.0. The topological polar surface area (TPSA) is 38.8 Å². The van der Waals surface area contributed by atoms with Gasteiger partial charge in [0.05, 0.1) is 16.6 Å².